The first-order chi connectivity index (χ1) is 13.0. The minimum absolute atomic E-state index is 0.339. The van der Waals surface area contributed by atoms with Crippen molar-refractivity contribution in [3.63, 3.8) is 0 Å². The Morgan fingerprint density at radius 3 is 2.63 bits per heavy atom. The molecule has 2 aromatic heterocycles. The average Bonchev–Trinajstić information content (AvgIpc) is 3.09. The normalized spacial score (nSPS) is 13.7. The molecule has 0 saturated carbocycles. The van der Waals surface area contributed by atoms with Gasteiger partial charge in [-0.2, -0.15) is 0 Å². The van der Waals surface area contributed by atoms with Crippen LogP contribution in [-0.2, 0) is 0 Å². The Hall–Kier alpha value is -3.20. The fourth-order valence-corrected chi connectivity index (χ4v) is 3.12. The van der Waals surface area contributed by atoms with Crippen LogP contribution in [-0.4, -0.2) is 23.0 Å². The number of thiophene rings is 1. The number of aromatic nitrogens is 1. The summed E-state index contributed by atoms with van der Waals surface area (Å²) in [6.07, 6.45) is -1.54. The van der Waals surface area contributed by atoms with Crippen molar-refractivity contribution in [2.45, 2.75) is 6.36 Å². The molecule has 4 rings (SSSR count). The summed E-state index contributed by atoms with van der Waals surface area (Å²) in [5.74, 6) is 0.548. The van der Waals surface area contributed by atoms with Crippen molar-refractivity contribution < 1.29 is 17.9 Å². The van der Waals surface area contributed by atoms with Crippen molar-refractivity contribution in [1.82, 2.24) is 4.98 Å². The second kappa shape index (κ2) is 6.84. The van der Waals surface area contributed by atoms with Crippen LogP contribution in [0.25, 0.3) is 0 Å². The molecule has 1 aromatic carbocycles. The van der Waals surface area contributed by atoms with E-state index in [1.807, 2.05) is 17.5 Å². The number of benzene rings is 1. The van der Waals surface area contributed by atoms with Gasteiger partial charge in [0.25, 0.3) is 0 Å². The maximum atomic E-state index is 12.5. The van der Waals surface area contributed by atoms with Crippen LogP contribution in [0.1, 0.15) is 10.4 Å². The zero-order chi connectivity index (χ0) is 18.9. The average molecular weight is 388 g/mol. The Morgan fingerprint density at radius 2 is 1.93 bits per heavy atom. The minimum Gasteiger partial charge on any atom is -0.406 e. The van der Waals surface area contributed by atoms with E-state index in [4.69, 9.17) is 0 Å². The van der Waals surface area contributed by atoms with Crippen molar-refractivity contribution in [2.24, 2.45) is 9.98 Å². The quantitative estimate of drug-likeness (QED) is 0.688. The Labute approximate surface area is 155 Å². The van der Waals surface area contributed by atoms with E-state index in [1.165, 1.54) is 29.5 Å². The molecule has 1 N–H and O–H groups in total. The second-order valence-electron chi connectivity index (χ2n) is 5.47. The van der Waals surface area contributed by atoms with Gasteiger partial charge in [-0.25, -0.2) is 9.98 Å². The van der Waals surface area contributed by atoms with Gasteiger partial charge in [-0.15, -0.1) is 24.5 Å². The summed E-state index contributed by atoms with van der Waals surface area (Å²) in [7, 11) is 0. The van der Waals surface area contributed by atoms with E-state index in [0.29, 0.717) is 28.6 Å². The van der Waals surface area contributed by atoms with Gasteiger partial charge in [-0.3, -0.25) is 4.98 Å². The number of hydrogen-bond donors (Lipinski definition) is 1. The van der Waals surface area contributed by atoms with Crippen molar-refractivity contribution in [3.8, 4) is 5.75 Å². The number of alkyl halides is 3. The monoisotopic (exact) mass is 388 g/mol. The molecule has 1 aliphatic heterocycles. The molecule has 0 spiro atoms. The van der Waals surface area contributed by atoms with Crippen LogP contribution < -0.4 is 10.1 Å². The first-order valence-electron chi connectivity index (χ1n) is 7.76. The van der Waals surface area contributed by atoms with Gasteiger partial charge in [0, 0.05) is 24.0 Å². The van der Waals surface area contributed by atoms with Crippen LogP contribution in [0.5, 0.6) is 5.75 Å². The van der Waals surface area contributed by atoms with E-state index in [1.54, 1.807) is 24.5 Å². The lowest BCUT2D eigenvalue weighted by molar-refractivity contribution is -0.274. The molecule has 9 heteroatoms. The number of pyridine rings is 1. The molecule has 5 nitrogen and oxygen atoms in total. The van der Waals surface area contributed by atoms with E-state index in [-0.39, 0.29) is 5.75 Å². The number of anilines is 1. The molecular formula is C18H11F3N4OS. The first kappa shape index (κ1) is 17.2. The summed E-state index contributed by atoms with van der Waals surface area (Å²) in [6, 6.07) is 11.2. The summed E-state index contributed by atoms with van der Waals surface area (Å²) >= 11 is 1.47. The molecule has 0 atom stereocenters. The van der Waals surface area contributed by atoms with Gasteiger partial charge in [0.2, 0.25) is 0 Å². The number of rotatable bonds is 3. The molecule has 0 bridgehead atoms. The predicted octanol–water partition coefficient (Wildman–Crippen LogP) is 4.99. The molecule has 0 saturated heterocycles. The Balaban J connectivity index is 1.81. The molecule has 3 heterocycles. The number of fused-ring (bicyclic) bond motifs is 1. The minimum atomic E-state index is -4.77. The third kappa shape index (κ3) is 3.98. The molecule has 27 heavy (non-hydrogen) atoms. The van der Waals surface area contributed by atoms with Crippen molar-refractivity contribution in [3.05, 3.63) is 70.7 Å². The highest BCUT2D eigenvalue weighted by atomic mass is 32.1. The van der Waals surface area contributed by atoms with E-state index in [0.717, 1.165) is 4.88 Å². The van der Waals surface area contributed by atoms with Crippen LogP contribution in [0.15, 0.2) is 70.2 Å². The van der Waals surface area contributed by atoms with Gasteiger partial charge < -0.3 is 10.1 Å². The highest BCUT2D eigenvalue weighted by Gasteiger charge is 2.31. The number of hydrogen-bond acceptors (Lipinski definition) is 6. The lowest BCUT2D eigenvalue weighted by atomic mass is 10.2. The zero-order valence-corrected chi connectivity index (χ0v) is 14.4. The Kier molecular flexibility index (Phi) is 4.36. The molecule has 0 unspecified atom stereocenters. The van der Waals surface area contributed by atoms with Crippen molar-refractivity contribution >= 4 is 34.4 Å². The fraction of sp³-hybridized carbons (Fsp3) is 0.0556. The molecule has 136 valence electrons. The molecule has 1 aliphatic rings. The van der Waals surface area contributed by atoms with E-state index < -0.39 is 6.36 Å². The van der Waals surface area contributed by atoms with Gasteiger partial charge in [0.15, 0.2) is 5.84 Å². The summed E-state index contributed by atoms with van der Waals surface area (Å²) in [4.78, 5) is 14.0. The summed E-state index contributed by atoms with van der Waals surface area (Å²) < 4.78 is 41.6. The lowest BCUT2D eigenvalue weighted by Crippen LogP contribution is -2.18. The SMILES string of the molecule is FC(F)(F)Oc1ccc2c(c1)NC(c1cccnc1)=NC(c1cccs1)=N2. The van der Waals surface area contributed by atoms with Crippen LogP contribution in [0.2, 0.25) is 0 Å². The molecule has 0 aliphatic carbocycles. The predicted molar refractivity (Wildman–Crippen MR) is 98.0 cm³/mol. The van der Waals surface area contributed by atoms with Gasteiger partial charge >= 0.3 is 6.36 Å². The summed E-state index contributed by atoms with van der Waals surface area (Å²) in [6.45, 7) is 0. The van der Waals surface area contributed by atoms with Gasteiger partial charge in [-0.1, -0.05) is 6.07 Å². The van der Waals surface area contributed by atoms with Crippen LogP contribution in [0, 0.1) is 0 Å². The van der Waals surface area contributed by atoms with Crippen LogP contribution in [0.4, 0.5) is 24.5 Å². The van der Waals surface area contributed by atoms with E-state index in [9.17, 15) is 13.2 Å². The Bertz CT molecular complexity index is 1010. The largest absolute Gasteiger partial charge is 0.573 e. The van der Waals surface area contributed by atoms with Gasteiger partial charge in [-0.05, 0) is 35.7 Å². The van der Waals surface area contributed by atoms with Crippen molar-refractivity contribution in [1.29, 1.82) is 0 Å². The van der Waals surface area contributed by atoms with Crippen molar-refractivity contribution in [2.75, 3.05) is 5.32 Å². The number of halogens is 3. The maximum absolute atomic E-state index is 12.5. The number of amidine groups is 2. The van der Waals surface area contributed by atoms with Gasteiger partial charge in [0.05, 0.1) is 16.3 Å². The number of aliphatic imine (C=N–C) groups is 2. The van der Waals surface area contributed by atoms with E-state index >= 15 is 0 Å². The third-order valence-corrected chi connectivity index (χ3v) is 4.44. The van der Waals surface area contributed by atoms with Crippen LogP contribution in [0.3, 0.4) is 0 Å². The smallest absolute Gasteiger partial charge is 0.406 e. The number of ether oxygens (including phenoxy) is 1. The molecule has 0 radical (unpaired) electrons. The number of nitrogens with one attached hydrogen (secondary N) is 1. The van der Waals surface area contributed by atoms with Gasteiger partial charge in [0.1, 0.15) is 11.6 Å². The highest BCUT2D eigenvalue weighted by Crippen LogP contribution is 2.34. The second-order valence-corrected chi connectivity index (χ2v) is 6.41. The highest BCUT2D eigenvalue weighted by molar-refractivity contribution is 7.12. The standard InChI is InChI=1S/C18H11F3N4OS/c19-18(20,21)26-12-5-6-13-14(9-12)24-16(11-3-1-7-22-10-11)25-17(23-13)15-4-2-8-27-15/h1-10H,(H,23,24,25). The maximum Gasteiger partial charge on any atom is 0.573 e. The molecule has 0 amide bonds. The first-order valence-corrected chi connectivity index (χ1v) is 8.64. The van der Waals surface area contributed by atoms with E-state index in [2.05, 4.69) is 25.0 Å². The molecule has 3 aromatic rings. The summed E-state index contributed by atoms with van der Waals surface area (Å²) in [5, 5.41) is 4.95. The molecule has 0 fully saturated rings. The zero-order valence-electron chi connectivity index (χ0n) is 13.6. The Morgan fingerprint density at radius 1 is 1.04 bits per heavy atom. The topological polar surface area (TPSA) is 58.9 Å². The number of nitrogens with zero attached hydrogens (tertiary/aromatic N) is 3. The summed E-state index contributed by atoms with van der Waals surface area (Å²) in [5.41, 5.74) is 1.48. The third-order valence-electron chi connectivity index (χ3n) is 3.58. The molecular weight excluding hydrogens is 377 g/mol. The van der Waals surface area contributed by atoms with Crippen LogP contribution >= 0.6 is 11.3 Å². The lowest BCUT2D eigenvalue weighted by Gasteiger charge is -2.13. The fourth-order valence-electron chi connectivity index (χ4n) is 2.47.